The number of hydrogen-bond acceptors (Lipinski definition) is 1. The first-order valence-electron chi connectivity index (χ1n) is 7.58. The zero-order valence-electron chi connectivity index (χ0n) is 12.1. The Hall–Kier alpha value is -1.65. The van der Waals surface area contributed by atoms with Crippen molar-refractivity contribution < 1.29 is 4.74 Å². The summed E-state index contributed by atoms with van der Waals surface area (Å²) >= 11 is 5.72. The number of alkyl halides is 1. The van der Waals surface area contributed by atoms with Crippen LogP contribution in [0.3, 0.4) is 0 Å². The number of hydrogen-bond donors (Lipinski definition) is 0. The van der Waals surface area contributed by atoms with Gasteiger partial charge in [-0.3, -0.25) is 0 Å². The molecule has 21 heavy (non-hydrogen) atoms. The highest BCUT2D eigenvalue weighted by Crippen LogP contribution is 2.30. The lowest BCUT2D eigenvalue weighted by Crippen LogP contribution is -2.08. The van der Waals surface area contributed by atoms with Crippen LogP contribution in [0.15, 0.2) is 36.4 Å². The van der Waals surface area contributed by atoms with E-state index in [0.717, 1.165) is 23.3 Å². The van der Waals surface area contributed by atoms with Crippen molar-refractivity contribution in [1.82, 2.24) is 0 Å². The Morgan fingerprint density at radius 2 is 1.90 bits per heavy atom. The van der Waals surface area contributed by atoms with Crippen molar-refractivity contribution in [3.8, 4) is 17.6 Å². The molecule has 0 radical (unpaired) electrons. The monoisotopic (exact) mass is 298 g/mol. The molecule has 1 aliphatic rings. The zero-order valence-corrected chi connectivity index (χ0v) is 12.8. The van der Waals surface area contributed by atoms with Crippen LogP contribution >= 0.6 is 11.6 Å². The SMILES string of the molecule is ClCC#Cc1c(OCC2CCCC2)ccc2ccccc12. The van der Waals surface area contributed by atoms with Crippen molar-refractivity contribution in [1.29, 1.82) is 0 Å². The quantitative estimate of drug-likeness (QED) is 0.572. The van der Waals surface area contributed by atoms with Crippen molar-refractivity contribution in [2.45, 2.75) is 25.7 Å². The molecule has 0 unspecified atom stereocenters. The molecule has 1 saturated carbocycles. The average Bonchev–Trinajstić information content (AvgIpc) is 3.04. The summed E-state index contributed by atoms with van der Waals surface area (Å²) in [4.78, 5) is 0. The first-order chi connectivity index (χ1) is 10.4. The molecule has 0 saturated heterocycles. The van der Waals surface area contributed by atoms with Gasteiger partial charge in [-0.1, -0.05) is 55.0 Å². The lowest BCUT2D eigenvalue weighted by Gasteiger charge is -2.14. The van der Waals surface area contributed by atoms with Crippen molar-refractivity contribution in [2.75, 3.05) is 12.5 Å². The van der Waals surface area contributed by atoms with Gasteiger partial charge in [0.2, 0.25) is 0 Å². The van der Waals surface area contributed by atoms with Crippen molar-refractivity contribution >= 4 is 22.4 Å². The second-order valence-corrected chi connectivity index (χ2v) is 5.82. The van der Waals surface area contributed by atoms with E-state index in [1.165, 1.54) is 31.1 Å². The number of ether oxygens (including phenoxy) is 1. The molecule has 108 valence electrons. The molecular formula is C19H19ClO. The third kappa shape index (κ3) is 3.34. The fourth-order valence-electron chi connectivity index (χ4n) is 3.01. The van der Waals surface area contributed by atoms with Gasteiger partial charge in [-0.2, -0.15) is 0 Å². The lowest BCUT2D eigenvalue weighted by atomic mass is 10.0. The molecule has 0 atom stereocenters. The van der Waals surface area contributed by atoms with Gasteiger partial charge in [0.05, 0.1) is 18.1 Å². The fraction of sp³-hybridized carbons (Fsp3) is 0.368. The molecule has 2 aromatic rings. The summed E-state index contributed by atoms with van der Waals surface area (Å²) < 4.78 is 6.08. The lowest BCUT2D eigenvalue weighted by molar-refractivity contribution is 0.252. The van der Waals surface area contributed by atoms with Crippen LogP contribution < -0.4 is 4.74 Å². The maximum absolute atomic E-state index is 6.08. The smallest absolute Gasteiger partial charge is 0.135 e. The maximum atomic E-state index is 6.08. The molecule has 2 heteroatoms. The van der Waals surface area contributed by atoms with E-state index in [1.54, 1.807) is 0 Å². The first kappa shape index (κ1) is 14.3. The Bertz CT molecular complexity index is 675. The van der Waals surface area contributed by atoms with Gasteiger partial charge in [0.25, 0.3) is 0 Å². The molecular weight excluding hydrogens is 280 g/mol. The van der Waals surface area contributed by atoms with Gasteiger partial charge in [-0.05, 0) is 30.2 Å². The van der Waals surface area contributed by atoms with E-state index in [2.05, 4.69) is 30.0 Å². The van der Waals surface area contributed by atoms with Crippen LogP contribution in [0.4, 0.5) is 0 Å². The number of rotatable bonds is 3. The Morgan fingerprint density at radius 3 is 2.71 bits per heavy atom. The standard InChI is InChI=1S/C19H19ClO/c20-13-5-10-18-17-9-4-3-8-16(17)11-12-19(18)21-14-15-6-1-2-7-15/h3-4,8-9,11-12,15H,1-2,6-7,13-14H2. The van der Waals surface area contributed by atoms with Crippen LogP contribution in [0.5, 0.6) is 5.75 Å². The summed E-state index contributed by atoms with van der Waals surface area (Å²) in [6.45, 7) is 0.799. The molecule has 1 fully saturated rings. The van der Waals surface area contributed by atoms with E-state index in [0.29, 0.717) is 11.8 Å². The Morgan fingerprint density at radius 1 is 1.10 bits per heavy atom. The molecule has 1 nitrogen and oxygen atoms in total. The van der Waals surface area contributed by atoms with Crippen molar-refractivity contribution in [2.24, 2.45) is 5.92 Å². The second kappa shape index (κ2) is 6.87. The highest BCUT2D eigenvalue weighted by Gasteiger charge is 2.16. The Balaban J connectivity index is 1.92. The Labute approximate surface area is 131 Å². The highest BCUT2D eigenvalue weighted by molar-refractivity contribution is 6.19. The predicted molar refractivity (Wildman–Crippen MR) is 89.0 cm³/mol. The number of benzene rings is 2. The van der Waals surface area contributed by atoms with Crippen molar-refractivity contribution in [3.05, 3.63) is 42.0 Å². The van der Waals surface area contributed by atoms with E-state index in [-0.39, 0.29) is 0 Å². The van der Waals surface area contributed by atoms with Crippen LogP contribution in [0, 0.1) is 17.8 Å². The molecule has 0 aliphatic heterocycles. The fourth-order valence-corrected chi connectivity index (χ4v) is 3.07. The minimum atomic E-state index is 0.339. The summed E-state index contributed by atoms with van der Waals surface area (Å²) in [7, 11) is 0. The van der Waals surface area contributed by atoms with Gasteiger partial charge >= 0.3 is 0 Å². The number of fused-ring (bicyclic) bond motifs is 1. The molecule has 0 bridgehead atoms. The molecule has 3 rings (SSSR count). The molecule has 0 aromatic heterocycles. The first-order valence-corrected chi connectivity index (χ1v) is 8.11. The average molecular weight is 299 g/mol. The van der Waals surface area contributed by atoms with E-state index >= 15 is 0 Å². The van der Waals surface area contributed by atoms with Crippen LogP contribution in [-0.4, -0.2) is 12.5 Å². The van der Waals surface area contributed by atoms with E-state index < -0.39 is 0 Å². The third-order valence-corrected chi connectivity index (χ3v) is 4.25. The topological polar surface area (TPSA) is 9.23 Å². The molecule has 0 heterocycles. The normalized spacial score (nSPS) is 14.9. The van der Waals surface area contributed by atoms with Crippen LogP contribution in [-0.2, 0) is 0 Å². The van der Waals surface area contributed by atoms with E-state index in [4.69, 9.17) is 16.3 Å². The largest absolute Gasteiger partial charge is 0.492 e. The zero-order chi connectivity index (χ0) is 14.5. The predicted octanol–water partition coefficient (Wildman–Crippen LogP) is 5.00. The minimum absolute atomic E-state index is 0.339. The summed E-state index contributed by atoms with van der Waals surface area (Å²) in [5.74, 6) is 8.06. The third-order valence-electron chi connectivity index (χ3n) is 4.12. The summed E-state index contributed by atoms with van der Waals surface area (Å²) in [5, 5.41) is 2.32. The summed E-state index contributed by atoms with van der Waals surface area (Å²) in [5.41, 5.74) is 0.965. The molecule has 0 amide bonds. The maximum Gasteiger partial charge on any atom is 0.135 e. The van der Waals surface area contributed by atoms with Crippen molar-refractivity contribution in [3.63, 3.8) is 0 Å². The molecule has 2 aromatic carbocycles. The minimum Gasteiger partial charge on any atom is -0.492 e. The van der Waals surface area contributed by atoms with E-state index in [9.17, 15) is 0 Å². The summed E-state index contributed by atoms with van der Waals surface area (Å²) in [6, 6.07) is 12.4. The van der Waals surface area contributed by atoms with Crippen LogP contribution in [0.25, 0.3) is 10.8 Å². The highest BCUT2D eigenvalue weighted by atomic mass is 35.5. The van der Waals surface area contributed by atoms with Gasteiger partial charge in [0, 0.05) is 5.39 Å². The van der Waals surface area contributed by atoms with Gasteiger partial charge in [0.15, 0.2) is 0 Å². The number of halogens is 1. The molecule has 1 aliphatic carbocycles. The van der Waals surface area contributed by atoms with Crippen LogP contribution in [0.1, 0.15) is 31.2 Å². The summed E-state index contributed by atoms with van der Waals surface area (Å²) in [6.07, 6.45) is 5.25. The van der Waals surface area contributed by atoms with Crippen LogP contribution in [0.2, 0.25) is 0 Å². The molecule has 0 spiro atoms. The molecule has 0 N–H and O–H groups in total. The van der Waals surface area contributed by atoms with Gasteiger partial charge < -0.3 is 4.74 Å². The van der Waals surface area contributed by atoms with Gasteiger partial charge in [-0.25, -0.2) is 0 Å². The second-order valence-electron chi connectivity index (χ2n) is 5.56. The van der Waals surface area contributed by atoms with Gasteiger partial charge in [0.1, 0.15) is 5.75 Å². The van der Waals surface area contributed by atoms with Gasteiger partial charge in [-0.15, -0.1) is 11.6 Å². The Kier molecular flexibility index (Phi) is 4.68. The van der Waals surface area contributed by atoms with E-state index in [1.807, 2.05) is 18.2 Å².